The maximum Gasteiger partial charge on any atom is 0.246 e. The summed E-state index contributed by atoms with van der Waals surface area (Å²) in [5.74, 6) is -0.367. The van der Waals surface area contributed by atoms with Crippen molar-refractivity contribution < 1.29 is 9.53 Å². The van der Waals surface area contributed by atoms with Gasteiger partial charge in [0.15, 0.2) is 0 Å². The van der Waals surface area contributed by atoms with Crippen LogP contribution in [0.4, 0.5) is 0 Å². The van der Waals surface area contributed by atoms with E-state index in [0.29, 0.717) is 25.3 Å². The predicted molar refractivity (Wildman–Crippen MR) is 74.9 cm³/mol. The molecule has 0 aromatic heterocycles. The first kappa shape index (κ1) is 13.4. The fraction of sp³-hybridized carbons (Fsp3) is 0.500. The van der Waals surface area contributed by atoms with E-state index in [1.807, 2.05) is 23.4 Å². The van der Waals surface area contributed by atoms with Crippen LogP contribution in [0.25, 0.3) is 0 Å². The average molecular weight is 276 g/mol. The first-order valence-electron chi connectivity index (χ1n) is 6.85. The molecule has 0 saturated carbocycles. The molecule has 3 heterocycles. The lowest BCUT2D eigenvalue weighted by Crippen LogP contribution is -2.62. The van der Waals surface area contributed by atoms with Crippen LogP contribution in [0.2, 0.25) is 0 Å². The third-order valence-corrected chi connectivity index (χ3v) is 4.20. The molecule has 3 aliphatic rings. The number of primary amides is 1. The molecule has 2 fully saturated rings. The molecule has 6 nitrogen and oxygen atoms in total. The molecule has 0 spiro atoms. The molecular weight excluding hydrogens is 256 g/mol. The highest BCUT2D eigenvalue weighted by Crippen LogP contribution is 2.33. The van der Waals surface area contributed by atoms with Gasteiger partial charge in [0, 0.05) is 30.6 Å². The third-order valence-electron chi connectivity index (χ3n) is 4.20. The van der Waals surface area contributed by atoms with E-state index >= 15 is 0 Å². The Balaban J connectivity index is 1.94. The van der Waals surface area contributed by atoms with E-state index < -0.39 is 0 Å². The average Bonchev–Trinajstić information content (AvgIpc) is 2.96. The molecule has 0 aliphatic carbocycles. The van der Waals surface area contributed by atoms with Gasteiger partial charge in [-0.25, -0.2) is 0 Å². The van der Waals surface area contributed by atoms with Crippen molar-refractivity contribution in [2.75, 3.05) is 26.4 Å². The van der Waals surface area contributed by atoms with E-state index in [1.165, 1.54) is 0 Å². The number of nitrogens with zero attached hydrogens (tertiary/aromatic N) is 2. The summed E-state index contributed by atoms with van der Waals surface area (Å²) in [5.41, 5.74) is 6.94. The lowest BCUT2D eigenvalue weighted by molar-refractivity contribution is -0.115. The lowest BCUT2D eigenvalue weighted by Gasteiger charge is -2.49. The Morgan fingerprint density at radius 2 is 2.45 bits per heavy atom. The smallest absolute Gasteiger partial charge is 0.246 e. The van der Waals surface area contributed by atoms with Gasteiger partial charge in [-0.05, 0) is 12.8 Å². The molecule has 6 heteroatoms. The number of rotatable bonds is 3. The van der Waals surface area contributed by atoms with E-state index in [2.05, 4.69) is 16.9 Å². The highest BCUT2D eigenvalue weighted by molar-refractivity contribution is 5.92. The van der Waals surface area contributed by atoms with E-state index in [1.54, 1.807) is 0 Å². The number of carbonyl (C=O) groups excluding carboxylic acids is 1. The van der Waals surface area contributed by atoms with Gasteiger partial charge in [0.05, 0.1) is 18.8 Å². The van der Waals surface area contributed by atoms with Crippen LogP contribution >= 0.6 is 0 Å². The summed E-state index contributed by atoms with van der Waals surface area (Å²) in [6, 6.07) is 0. The summed E-state index contributed by atoms with van der Waals surface area (Å²) >= 11 is 0. The Morgan fingerprint density at radius 1 is 1.60 bits per heavy atom. The summed E-state index contributed by atoms with van der Waals surface area (Å²) in [6.07, 6.45) is 7.32. The minimum absolute atomic E-state index is 0.233. The molecule has 1 amide bonds. The van der Waals surface area contributed by atoms with Crippen molar-refractivity contribution in [2.24, 2.45) is 5.73 Å². The number of hydrogen-bond donors (Lipinski definition) is 2. The van der Waals surface area contributed by atoms with Crippen molar-refractivity contribution in [2.45, 2.75) is 18.4 Å². The van der Waals surface area contributed by atoms with Crippen molar-refractivity contribution in [3.63, 3.8) is 0 Å². The first-order valence-corrected chi connectivity index (χ1v) is 6.85. The Bertz CT molecular complexity index is 491. The zero-order chi connectivity index (χ0) is 14.2. The second-order valence-electron chi connectivity index (χ2n) is 5.36. The van der Waals surface area contributed by atoms with E-state index in [4.69, 9.17) is 10.5 Å². The topological polar surface area (TPSA) is 70.8 Å². The summed E-state index contributed by atoms with van der Waals surface area (Å²) in [7, 11) is 0. The van der Waals surface area contributed by atoms with E-state index in [-0.39, 0.29) is 11.4 Å². The summed E-state index contributed by atoms with van der Waals surface area (Å²) in [4.78, 5) is 11.4. The molecule has 0 bridgehead atoms. The van der Waals surface area contributed by atoms with Gasteiger partial charge in [-0.2, -0.15) is 5.01 Å². The van der Waals surface area contributed by atoms with Crippen LogP contribution in [-0.2, 0) is 9.53 Å². The van der Waals surface area contributed by atoms with Gasteiger partial charge in [0.25, 0.3) is 0 Å². The largest absolute Gasteiger partial charge is 0.379 e. The van der Waals surface area contributed by atoms with E-state index in [9.17, 15) is 4.79 Å². The maximum atomic E-state index is 11.4. The lowest BCUT2D eigenvalue weighted by atomic mass is 9.97. The number of hydrazine groups is 1. The molecule has 0 radical (unpaired) electrons. The minimum atomic E-state index is -0.367. The van der Waals surface area contributed by atoms with Gasteiger partial charge in [-0.3, -0.25) is 15.1 Å². The van der Waals surface area contributed by atoms with Crippen LogP contribution in [0, 0.1) is 0 Å². The number of carbonyl (C=O) groups is 1. The Morgan fingerprint density at radius 3 is 3.10 bits per heavy atom. The quantitative estimate of drug-likeness (QED) is 0.714. The van der Waals surface area contributed by atoms with Crippen LogP contribution in [0.15, 0.2) is 36.2 Å². The Kier molecular flexibility index (Phi) is 3.37. The number of nitrogens with one attached hydrogen (secondary N) is 1. The summed E-state index contributed by atoms with van der Waals surface area (Å²) in [6.45, 7) is 6.79. The summed E-state index contributed by atoms with van der Waals surface area (Å²) < 4.78 is 5.56. The second kappa shape index (κ2) is 5.05. The number of nitrogens with two attached hydrogens (primary N) is 1. The molecule has 2 saturated heterocycles. The zero-order valence-electron chi connectivity index (χ0n) is 11.5. The number of hydrogen-bond acceptors (Lipinski definition) is 5. The molecule has 1 atom stereocenters. The van der Waals surface area contributed by atoms with Gasteiger partial charge >= 0.3 is 0 Å². The predicted octanol–water partition coefficient (Wildman–Crippen LogP) is 0.0680. The Labute approximate surface area is 118 Å². The van der Waals surface area contributed by atoms with Gasteiger partial charge in [-0.15, -0.1) is 6.58 Å². The van der Waals surface area contributed by atoms with Crippen LogP contribution in [0.1, 0.15) is 12.8 Å². The van der Waals surface area contributed by atoms with Crippen molar-refractivity contribution in [3.8, 4) is 0 Å². The SMILES string of the molecule is C=CC1(N2CNCC3=CCC(C(N)=O)=CN32)CCOC1. The molecular formula is C14H20N4O2. The number of allylic oxidation sites excluding steroid dienone is 1. The maximum absolute atomic E-state index is 11.4. The minimum Gasteiger partial charge on any atom is -0.379 e. The van der Waals surface area contributed by atoms with Crippen LogP contribution in [0.5, 0.6) is 0 Å². The van der Waals surface area contributed by atoms with Gasteiger partial charge in [-0.1, -0.05) is 12.2 Å². The highest BCUT2D eigenvalue weighted by atomic mass is 16.5. The molecule has 0 aromatic rings. The van der Waals surface area contributed by atoms with Crippen molar-refractivity contribution in [3.05, 3.63) is 36.2 Å². The van der Waals surface area contributed by atoms with Crippen molar-refractivity contribution >= 4 is 5.91 Å². The normalized spacial score (nSPS) is 30.5. The molecule has 108 valence electrons. The third kappa shape index (κ3) is 2.06. The van der Waals surface area contributed by atoms with Crippen molar-refractivity contribution in [1.82, 2.24) is 15.3 Å². The molecule has 20 heavy (non-hydrogen) atoms. The van der Waals surface area contributed by atoms with E-state index in [0.717, 1.165) is 25.3 Å². The molecule has 0 aromatic carbocycles. The zero-order valence-corrected chi connectivity index (χ0v) is 11.5. The Hall–Kier alpha value is -1.63. The van der Waals surface area contributed by atoms with Crippen LogP contribution in [0.3, 0.4) is 0 Å². The highest BCUT2D eigenvalue weighted by Gasteiger charge is 2.43. The van der Waals surface area contributed by atoms with Gasteiger partial charge in [0.1, 0.15) is 0 Å². The van der Waals surface area contributed by atoms with Gasteiger partial charge in [0.2, 0.25) is 5.91 Å². The fourth-order valence-corrected chi connectivity index (χ4v) is 2.92. The molecule has 1 unspecified atom stereocenters. The number of fused-ring (bicyclic) bond motifs is 1. The standard InChI is InChI=1S/C14H20N4O2/c1-2-14(5-6-20-9-14)18-10-16-7-12-4-3-11(13(15)19)8-17(12)18/h2,4,8,16H,1,3,5-7,9-10H2,(H2,15,19). The number of ether oxygens (including phenoxy) is 1. The molecule has 3 rings (SSSR count). The summed E-state index contributed by atoms with van der Waals surface area (Å²) in [5, 5.41) is 7.59. The van der Waals surface area contributed by atoms with Crippen LogP contribution in [-0.4, -0.2) is 47.9 Å². The molecule has 3 N–H and O–H groups in total. The molecule has 3 aliphatic heterocycles. The fourth-order valence-electron chi connectivity index (χ4n) is 2.92. The first-order chi connectivity index (χ1) is 9.66. The van der Waals surface area contributed by atoms with Crippen LogP contribution < -0.4 is 11.1 Å². The second-order valence-corrected chi connectivity index (χ2v) is 5.36. The van der Waals surface area contributed by atoms with Crippen molar-refractivity contribution in [1.29, 1.82) is 0 Å². The van der Waals surface area contributed by atoms with Gasteiger partial charge < -0.3 is 10.5 Å². The number of amides is 1. The monoisotopic (exact) mass is 276 g/mol.